The van der Waals surface area contributed by atoms with Crippen molar-refractivity contribution in [3.8, 4) is 17.6 Å². The molecule has 0 spiro atoms. The molecule has 1 saturated heterocycles. The van der Waals surface area contributed by atoms with Crippen LogP contribution in [0.25, 0.3) is 0 Å². The van der Waals surface area contributed by atoms with E-state index in [-0.39, 0.29) is 34.1 Å². The molecule has 0 radical (unpaired) electrons. The van der Waals surface area contributed by atoms with Crippen LogP contribution in [0.15, 0.2) is 36.4 Å². The van der Waals surface area contributed by atoms with Gasteiger partial charge in [-0.05, 0) is 60.7 Å². The zero-order valence-corrected chi connectivity index (χ0v) is 16.3. The number of halogens is 3. The Balaban J connectivity index is 1.64. The van der Waals surface area contributed by atoms with Crippen molar-refractivity contribution in [3.05, 3.63) is 58.7 Å². The number of imide groups is 1. The van der Waals surface area contributed by atoms with E-state index < -0.39 is 17.0 Å². The first-order valence-electron chi connectivity index (χ1n) is 9.20. The molecule has 9 heteroatoms. The highest BCUT2D eigenvalue weighted by Gasteiger charge is 2.40. The van der Waals surface area contributed by atoms with Crippen LogP contribution in [0.4, 0.5) is 18.0 Å². The van der Waals surface area contributed by atoms with E-state index in [0.717, 1.165) is 47.9 Å². The average Bonchev–Trinajstić information content (AvgIpc) is 3.04. The van der Waals surface area contributed by atoms with Crippen LogP contribution >= 0.6 is 11.8 Å². The van der Waals surface area contributed by atoms with E-state index in [1.807, 2.05) is 0 Å². The van der Waals surface area contributed by atoms with Crippen LogP contribution in [-0.2, 0) is 17.4 Å². The maximum absolute atomic E-state index is 13.4. The Labute approximate surface area is 174 Å². The molecule has 1 unspecified atom stereocenters. The van der Waals surface area contributed by atoms with E-state index in [1.54, 1.807) is 24.3 Å². The zero-order valence-electron chi connectivity index (χ0n) is 15.5. The van der Waals surface area contributed by atoms with E-state index in [0.29, 0.717) is 6.42 Å². The van der Waals surface area contributed by atoms with Crippen molar-refractivity contribution in [2.75, 3.05) is 0 Å². The minimum absolute atomic E-state index is 0.107. The summed E-state index contributed by atoms with van der Waals surface area (Å²) in [5.41, 5.74) is 0.671. The summed E-state index contributed by atoms with van der Waals surface area (Å²) in [5, 5.41) is 10.3. The summed E-state index contributed by atoms with van der Waals surface area (Å²) in [6, 6.07) is 9.86. The number of carbonyl (C=O) groups is 2. The molecule has 1 aliphatic carbocycles. The molecule has 1 N–H and O–H groups in total. The second-order valence-electron chi connectivity index (χ2n) is 7.10. The Hall–Kier alpha value is -2.99. The van der Waals surface area contributed by atoms with Gasteiger partial charge < -0.3 is 4.74 Å². The number of hydrogen-bond donors (Lipinski definition) is 1. The number of amides is 2. The maximum Gasteiger partial charge on any atom is 0.420 e. The van der Waals surface area contributed by atoms with Crippen LogP contribution in [0.3, 0.4) is 0 Å². The number of hydrogen-bond acceptors (Lipinski definition) is 5. The smallest absolute Gasteiger partial charge is 0.420 e. The van der Waals surface area contributed by atoms with Gasteiger partial charge in [0, 0.05) is 5.92 Å². The number of nitriles is 1. The molecular formula is C21H15F3N2O3S. The summed E-state index contributed by atoms with van der Waals surface area (Å²) >= 11 is 0.977. The first kappa shape index (κ1) is 20.3. The van der Waals surface area contributed by atoms with E-state index in [2.05, 4.69) is 5.32 Å². The molecule has 1 aliphatic heterocycles. The number of benzene rings is 2. The van der Waals surface area contributed by atoms with Crippen molar-refractivity contribution >= 4 is 22.9 Å². The standard InChI is InChI=1S/C21H15F3N2O3S/c22-21(23,24)16-8-11(10-25)4-7-17(16)29-13-5-6-14-12(9-13)2-1-3-15(14)18-19(27)26-20(28)30-18/h4-9,15,18H,1-3H2,(H,26,27,28)/t15-,18?/m1/s1. The second-order valence-corrected chi connectivity index (χ2v) is 8.21. The fraction of sp³-hybridized carbons (Fsp3) is 0.286. The summed E-state index contributed by atoms with van der Waals surface area (Å²) in [5.74, 6) is -0.593. The monoisotopic (exact) mass is 432 g/mol. The fourth-order valence-electron chi connectivity index (χ4n) is 3.88. The van der Waals surface area contributed by atoms with Gasteiger partial charge in [-0.15, -0.1) is 0 Å². The number of nitrogens with zero attached hydrogens (tertiary/aromatic N) is 1. The highest BCUT2D eigenvalue weighted by molar-refractivity contribution is 8.15. The molecule has 1 heterocycles. The van der Waals surface area contributed by atoms with E-state index in [9.17, 15) is 22.8 Å². The van der Waals surface area contributed by atoms with Crippen molar-refractivity contribution in [1.29, 1.82) is 5.26 Å². The average molecular weight is 432 g/mol. The van der Waals surface area contributed by atoms with Gasteiger partial charge in [0.05, 0.1) is 17.2 Å². The Bertz CT molecular complexity index is 1080. The molecule has 154 valence electrons. The van der Waals surface area contributed by atoms with E-state index in [4.69, 9.17) is 10.00 Å². The summed E-state index contributed by atoms with van der Waals surface area (Å²) in [6.07, 6.45) is -2.42. The SMILES string of the molecule is N#Cc1ccc(Oc2ccc3c(c2)CCC[C@H]3C2SC(=O)NC2=O)c(C(F)(F)F)c1. The third-order valence-corrected chi connectivity index (χ3v) is 6.31. The van der Waals surface area contributed by atoms with Crippen LogP contribution in [0.2, 0.25) is 0 Å². The van der Waals surface area contributed by atoms with Gasteiger partial charge in [0.15, 0.2) is 0 Å². The number of nitrogens with one attached hydrogen (secondary N) is 1. The molecule has 2 amide bonds. The topological polar surface area (TPSA) is 79.2 Å². The van der Waals surface area contributed by atoms with Crippen molar-refractivity contribution in [3.63, 3.8) is 0 Å². The van der Waals surface area contributed by atoms with Gasteiger partial charge in [0.2, 0.25) is 5.91 Å². The zero-order chi connectivity index (χ0) is 21.5. The molecular weight excluding hydrogens is 417 g/mol. The van der Waals surface area contributed by atoms with Gasteiger partial charge in [-0.2, -0.15) is 18.4 Å². The number of alkyl halides is 3. The highest BCUT2D eigenvalue weighted by atomic mass is 32.2. The molecule has 0 aromatic heterocycles. The molecule has 4 rings (SSSR count). The lowest BCUT2D eigenvalue weighted by molar-refractivity contribution is -0.138. The molecule has 2 aliphatic rings. The Kier molecular flexibility index (Phi) is 5.20. The molecule has 1 fully saturated rings. The summed E-state index contributed by atoms with van der Waals surface area (Å²) in [4.78, 5) is 23.6. The van der Waals surface area contributed by atoms with E-state index in [1.165, 1.54) is 6.07 Å². The lowest BCUT2D eigenvalue weighted by Crippen LogP contribution is -2.30. The summed E-state index contributed by atoms with van der Waals surface area (Å²) < 4.78 is 45.7. The van der Waals surface area contributed by atoms with Crippen molar-refractivity contribution in [1.82, 2.24) is 5.32 Å². The lowest BCUT2D eigenvalue weighted by Gasteiger charge is -2.28. The predicted molar refractivity (Wildman–Crippen MR) is 103 cm³/mol. The van der Waals surface area contributed by atoms with Crippen LogP contribution < -0.4 is 10.1 Å². The van der Waals surface area contributed by atoms with E-state index >= 15 is 0 Å². The second kappa shape index (κ2) is 7.69. The minimum Gasteiger partial charge on any atom is -0.457 e. The quantitative estimate of drug-likeness (QED) is 0.727. The van der Waals surface area contributed by atoms with Crippen LogP contribution in [0.5, 0.6) is 11.5 Å². The van der Waals surface area contributed by atoms with Crippen molar-refractivity contribution in [2.24, 2.45) is 0 Å². The largest absolute Gasteiger partial charge is 0.457 e. The van der Waals surface area contributed by atoms with Crippen LogP contribution in [0, 0.1) is 11.3 Å². The van der Waals surface area contributed by atoms with Crippen molar-refractivity contribution < 1.29 is 27.5 Å². The normalized spacial score (nSPS) is 21.0. The van der Waals surface area contributed by atoms with Gasteiger partial charge in [-0.25, -0.2) is 0 Å². The Morgan fingerprint density at radius 3 is 2.63 bits per heavy atom. The molecule has 5 nitrogen and oxygen atoms in total. The third kappa shape index (κ3) is 3.87. The summed E-state index contributed by atoms with van der Waals surface area (Å²) in [7, 11) is 0. The Morgan fingerprint density at radius 1 is 1.17 bits per heavy atom. The number of thioether (sulfide) groups is 1. The third-order valence-electron chi connectivity index (χ3n) is 5.20. The first-order valence-corrected chi connectivity index (χ1v) is 10.1. The van der Waals surface area contributed by atoms with Gasteiger partial charge in [0.25, 0.3) is 5.24 Å². The number of aryl methyl sites for hydroxylation is 1. The summed E-state index contributed by atoms with van der Waals surface area (Å²) in [6.45, 7) is 0. The molecule has 0 bridgehead atoms. The molecule has 30 heavy (non-hydrogen) atoms. The van der Waals surface area contributed by atoms with Gasteiger partial charge in [-0.1, -0.05) is 17.8 Å². The number of rotatable bonds is 3. The van der Waals surface area contributed by atoms with Crippen LogP contribution in [-0.4, -0.2) is 16.4 Å². The number of carbonyl (C=O) groups excluding carboxylic acids is 2. The first-order chi connectivity index (χ1) is 14.3. The van der Waals surface area contributed by atoms with Crippen LogP contribution in [0.1, 0.15) is 41.0 Å². The molecule has 2 aromatic rings. The maximum atomic E-state index is 13.4. The number of ether oxygens (including phenoxy) is 1. The minimum atomic E-state index is -4.67. The van der Waals surface area contributed by atoms with Gasteiger partial charge in [-0.3, -0.25) is 14.9 Å². The van der Waals surface area contributed by atoms with Gasteiger partial charge in [0.1, 0.15) is 16.7 Å². The predicted octanol–water partition coefficient (Wildman–Crippen LogP) is 5.14. The van der Waals surface area contributed by atoms with Crippen molar-refractivity contribution in [2.45, 2.75) is 36.6 Å². The Morgan fingerprint density at radius 2 is 1.97 bits per heavy atom. The fourth-order valence-corrected chi connectivity index (χ4v) is 4.88. The molecule has 2 aromatic carbocycles. The molecule has 0 saturated carbocycles. The number of fused-ring (bicyclic) bond motifs is 1. The highest BCUT2D eigenvalue weighted by Crippen LogP contribution is 2.43. The lowest BCUT2D eigenvalue weighted by atomic mass is 9.80. The van der Waals surface area contributed by atoms with Gasteiger partial charge >= 0.3 is 6.18 Å². The molecule has 2 atom stereocenters.